The average molecular weight is 1030 g/mol. The summed E-state index contributed by atoms with van der Waals surface area (Å²) in [6.07, 6.45) is -11.9. The molecule has 7 rings (SSSR count). The summed E-state index contributed by atoms with van der Waals surface area (Å²) >= 11 is 9.53. The van der Waals surface area contributed by atoms with Gasteiger partial charge in [0.2, 0.25) is 0 Å². The Morgan fingerprint density at radius 1 is 0.750 bits per heavy atom. The van der Waals surface area contributed by atoms with Gasteiger partial charge in [-0.05, 0) is 64.1 Å². The van der Waals surface area contributed by atoms with Crippen LogP contribution in [0.2, 0.25) is 0 Å². The van der Waals surface area contributed by atoms with Gasteiger partial charge in [-0.15, -0.1) is 28.7 Å². The van der Waals surface area contributed by atoms with Crippen LogP contribution in [0, 0.1) is 0 Å². The number of carbonyl (C=O) groups excluding carboxylic acids is 1. The molecule has 1 aromatic heterocycles. The number of halogens is 10. The molecule has 64 heavy (non-hydrogen) atoms. The summed E-state index contributed by atoms with van der Waals surface area (Å²) in [5.41, 5.74) is 8.19. The van der Waals surface area contributed by atoms with Gasteiger partial charge in [0.25, 0.3) is 5.78 Å². The number of allylic oxidation sites excluding steroid dienone is 2. The summed E-state index contributed by atoms with van der Waals surface area (Å²) in [5.74, 6) is -5.18. The second-order valence-corrected chi connectivity index (χ2v) is 16.9. The quantitative estimate of drug-likeness (QED) is 0.0535. The molecule has 0 amide bonds. The average Bonchev–Trinajstić information content (AvgIpc) is 3.74. The molecule has 0 aliphatic carbocycles. The van der Waals surface area contributed by atoms with Crippen molar-refractivity contribution in [3.63, 3.8) is 0 Å². The van der Waals surface area contributed by atoms with E-state index in [0.29, 0.717) is 50.0 Å². The Kier molecular flexibility index (Phi) is 16.6. The van der Waals surface area contributed by atoms with Gasteiger partial charge in [-0.1, -0.05) is 128 Å². The molecule has 0 saturated heterocycles. The first-order valence-electron chi connectivity index (χ1n) is 20.1. The normalized spacial score (nSPS) is 15.2. The van der Waals surface area contributed by atoms with Crippen LogP contribution in [0.15, 0.2) is 102 Å². The van der Waals surface area contributed by atoms with Crippen molar-refractivity contribution in [2.24, 2.45) is 4.99 Å². The summed E-state index contributed by atoms with van der Waals surface area (Å²) < 4.78 is 105. The van der Waals surface area contributed by atoms with E-state index >= 15 is 8.63 Å². The third-order valence-corrected chi connectivity index (χ3v) is 10.6. The molecule has 0 spiro atoms. The summed E-state index contributed by atoms with van der Waals surface area (Å²) in [5, 5.41) is 11.7. The van der Waals surface area contributed by atoms with Crippen LogP contribution in [0.3, 0.4) is 0 Å². The predicted octanol–water partition coefficient (Wildman–Crippen LogP) is 11.6. The van der Waals surface area contributed by atoms with E-state index in [9.17, 15) is 36.2 Å². The Hall–Kier alpha value is -4.48. The molecule has 0 bridgehead atoms. The van der Waals surface area contributed by atoms with Crippen molar-refractivity contribution in [1.29, 1.82) is 0 Å². The van der Waals surface area contributed by atoms with Crippen LogP contribution < -0.4 is 30.1 Å². The molecule has 4 aromatic carbocycles. The van der Waals surface area contributed by atoms with Gasteiger partial charge >= 0.3 is 39.7 Å². The van der Waals surface area contributed by atoms with Crippen LogP contribution in [0.5, 0.6) is 0 Å². The van der Waals surface area contributed by atoms with Gasteiger partial charge in [-0.25, -0.2) is 4.99 Å². The van der Waals surface area contributed by atoms with Gasteiger partial charge < -0.3 is 28.0 Å². The van der Waals surface area contributed by atoms with E-state index in [1.807, 2.05) is 60.7 Å². The molecule has 0 unspecified atom stereocenters. The molecule has 3 heterocycles. The second kappa shape index (κ2) is 20.4. The van der Waals surface area contributed by atoms with Crippen molar-refractivity contribution < 1.29 is 65.3 Å². The number of para-hydroxylation sites is 4. The SMILES string of the molecule is CC(C)c1cccc(C(C)C)c1N=C1C2=c3[n-]c4ccccc4c3=[N+](c3c(C(C)C)cccc3C(C)C)[B-](F)(F)N2c2ccccc21.ClCCl.O=C(/C=C(\[O-])C(F)(F)F)C(F)(F)F.[Pd+2]. The Balaban J connectivity index is 0.000000454. The third-order valence-electron chi connectivity index (χ3n) is 10.6. The Bertz CT molecular complexity index is 2660. The predicted molar refractivity (Wildman–Crippen MR) is 235 cm³/mol. The zero-order chi connectivity index (χ0) is 46.9. The zero-order valence-corrected chi connectivity index (χ0v) is 39.0. The van der Waals surface area contributed by atoms with E-state index in [4.69, 9.17) is 33.2 Å². The molecule has 5 aromatic rings. The number of aliphatic imine (C=N–C) groups is 1. The molecule has 0 N–H and O–H groups in total. The van der Waals surface area contributed by atoms with Gasteiger partial charge in [0.05, 0.1) is 16.7 Å². The fraction of sp³-hybridized carbons (Fsp3) is 0.326. The van der Waals surface area contributed by atoms with Crippen molar-refractivity contribution in [3.8, 4) is 0 Å². The summed E-state index contributed by atoms with van der Waals surface area (Å²) in [4.78, 5) is 21.6. The number of fused-ring (bicyclic) bond motifs is 6. The van der Waals surface area contributed by atoms with Crippen molar-refractivity contribution in [2.75, 3.05) is 10.2 Å². The smallest absolute Gasteiger partial charge is 0.869 e. The number of rotatable bonds is 7. The van der Waals surface area contributed by atoms with Gasteiger partial charge in [0.1, 0.15) is 0 Å². The first-order chi connectivity index (χ1) is 29.4. The number of nitrogens with zero attached hydrogens (tertiary/aromatic N) is 4. The molecule has 344 valence electrons. The van der Waals surface area contributed by atoms with E-state index < -0.39 is 36.9 Å². The third kappa shape index (κ3) is 10.3. The van der Waals surface area contributed by atoms with E-state index in [1.165, 1.54) is 9.30 Å². The van der Waals surface area contributed by atoms with Crippen LogP contribution >= 0.6 is 23.2 Å². The van der Waals surface area contributed by atoms with Gasteiger partial charge in [0, 0.05) is 33.5 Å². The maximum absolute atomic E-state index is 18.1. The van der Waals surface area contributed by atoms with E-state index in [-0.39, 0.29) is 49.4 Å². The second-order valence-electron chi connectivity index (χ2n) is 16.1. The molecule has 0 fully saturated rings. The molecule has 0 radical (unpaired) electrons. The van der Waals surface area contributed by atoms with Gasteiger partial charge in [0.15, 0.2) is 11.0 Å². The summed E-state index contributed by atoms with van der Waals surface area (Å²) in [7, 11) is 0. The summed E-state index contributed by atoms with van der Waals surface area (Å²) in [6, 6.07) is 27.4. The van der Waals surface area contributed by atoms with E-state index in [1.54, 1.807) is 6.07 Å². The fourth-order valence-corrected chi connectivity index (χ4v) is 7.75. The molecule has 2 aliphatic heterocycles. The first-order valence-corrected chi connectivity index (χ1v) is 21.1. The maximum atomic E-state index is 18.1. The number of aromatic nitrogens is 1. The molecule has 2 aliphatic rings. The minimum atomic E-state index is -5.46. The molecule has 6 nitrogen and oxygen atoms in total. The Labute approximate surface area is 390 Å². The molecular formula is C46H45BCl2F8N4O2Pd. The van der Waals surface area contributed by atoms with Crippen LogP contribution in [0.1, 0.15) is 107 Å². The number of hydrogen-bond donors (Lipinski definition) is 0. The number of benzene rings is 4. The monoisotopic (exact) mass is 1020 g/mol. The van der Waals surface area contributed by atoms with E-state index in [0.717, 1.165) is 27.9 Å². The topological polar surface area (TPSA) is 72.8 Å². The van der Waals surface area contributed by atoms with Gasteiger partial charge in [-0.2, -0.15) is 26.3 Å². The molecule has 0 atom stereocenters. The standard InChI is InChI=1S/C40H42BF2N4.C5H2F6O2.CH2Cl2.Pd/c1-23(2)27-17-13-18-28(24(3)4)35(27)45-36-32-16-10-12-22-34(32)46-40(36)37-39(31-15-9-11-21-33(31)44-37)47(41(46,42)43)38-29(25(5)6)19-14-20-30(38)26(7)8;6-4(7,8)2(12)1-3(13)5(9,10)11;2-1-3;/h9-26H,1-8H3;1,12H;1H2;/q-1;;;+2/p-1/b;2-1-;;. The number of hydrogen-bond acceptors (Lipinski definition) is 4. The van der Waals surface area contributed by atoms with Crippen LogP contribution in [0.4, 0.5) is 52.0 Å². The van der Waals surface area contributed by atoms with E-state index in [2.05, 4.69) is 73.6 Å². The minimum absolute atomic E-state index is 0. The van der Waals surface area contributed by atoms with Crippen molar-refractivity contribution in [1.82, 2.24) is 9.47 Å². The number of alkyl halides is 8. The number of carbonyl (C=O) groups is 1. The van der Waals surface area contributed by atoms with Crippen LogP contribution in [-0.2, 0) is 25.2 Å². The summed E-state index contributed by atoms with van der Waals surface area (Å²) in [6.45, 7) is 12.5. The fourth-order valence-electron chi connectivity index (χ4n) is 7.75. The minimum Gasteiger partial charge on any atom is -0.869 e. The molecule has 18 heteroatoms. The molecular weight excluding hydrogens is 981 g/mol. The van der Waals surface area contributed by atoms with Crippen molar-refractivity contribution in [2.45, 2.75) is 91.4 Å². The Morgan fingerprint density at radius 2 is 1.22 bits per heavy atom. The molecule has 0 saturated carbocycles. The number of ketones is 1. The van der Waals surface area contributed by atoms with Crippen molar-refractivity contribution >= 4 is 75.3 Å². The first kappa shape index (κ1) is 52.1. The largest absolute Gasteiger partial charge is 2.00 e. The Morgan fingerprint density at radius 3 is 1.70 bits per heavy atom. The van der Waals surface area contributed by atoms with Gasteiger partial charge in [-0.3, -0.25) is 4.79 Å². The van der Waals surface area contributed by atoms with Crippen LogP contribution in [-0.4, -0.2) is 36.2 Å². The van der Waals surface area contributed by atoms with Crippen molar-refractivity contribution in [3.05, 3.63) is 135 Å². The number of anilines is 1. The van der Waals surface area contributed by atoms with Crippen LogP contribution in [0.25, 0.3) is 16.6 Å². The zero-order valence-electron chi connectivity index (χ0n) is 36.0. The maximum Gasteiger partial charge on any atom is 2.00 e.